The lowest BCUT2D eigenvalue weighted by molar-refractivity contribution is 0.425. The number of nitrogens with two attached hydrogens (primary N) is 1. The average Bonchev–Trinajstić information content (AvgIpc) is 2.80. The zero-order chi connectivity index (χ0) is 13.8. The largest absolute Gasteiger partial charge is 0.399 e. The smallest absolute Gasteiger partial charge is 0.259 e. The van der Waals surface area contributed by atoms with E-state index in [1.165, 1.54) is 0 Å². The summed E-state index contributed by atoms with van der Waals surface area (Å²) in [6.45, 7) is 4.36. The lowest BCUT2D eigenvalue weighted by atomic mass is 10.2. The molecule has 2 aromatic rings. The van der Waals surface area contributed by atoms with Gasteiger partial charge in [0.1, 0.15) is 0 Å². The van der Waals surface area contributed by atoms with E-state index in [1.54, 1.807) is 30.0 Å². The second kappa shape index (κ2) is 6.30. The molecule has 102 valence electrons. The number of aromatic nitrogens is 2. The molecule has 0 unspecified atom stereocenters. The summed E-state index contributed by atoms with van der Waals surface area (Å²) in [6, 6.07) is 5.20. The van der Waals surface area contributed by atoms with Gasteiger partial charge in [-0.2, -0.15) is 16.7 Å². The van der Waals surface area contributed by atoms with Crippen molar-refractivity contribution < 1.29 is 4.52 Å². The van der Waals surface area contributed by atoms with Gasteiger partial charge in [-0.3, -0.25) is 0 Å². The van der Waals surface area contributed by atoms with Crippen LogP contribution in [0, 0.1) is 5.92 Å². The predicted molar refractivity (Wildman–Crippen MR) is 80.2 cm³/mol. The fourth-order valence-corrected chi connectivity index (χ4v) is 2.60. The monoisotopic (exact) mass is 297 g/mol. The van der Waals surface area contributed by atoms with Crippen molar-refractivity contribution in [1.29, 1.82) is 0 Å². The standard InChI is InChI=1S/C13H16ClN3OS/c1-8(2)6-19-7-12-16-13(18-17-12)10-5-9(15)3-4-11(10)14/h3-5,8H,6-7,15H2,1-2H3. The molecule has 0 atom stereocenters. The van der Waals surface area contributed by atoms with Crippen LogP contribution in [0.25, 0.3) is 11.5 Å². The van der Waals surface area contributed by atoms with Crippen molar-refractivity contribution in [3.63, 3.8) is 0 Å². The fourth-order valence-electron chi connectivity index (χ4n) is 1.51. The first-order chi connectivity index (χ1) is 9.06. The first-order valence-electron chi connectivity index (χ1n) is 6.02. The Hall–Kier alpha value is -1.20. The van der Waals surface area contributed by atoms with Crippen LogP contribution in [-0.4, -0.2) is 15.9 Å². The number of hydrogen-bond donors (Lipinski definition) is 1. The molecule has 0 saturated heterocycles. The van der Waals surface area contributed by atoms with Gasteiger partial charge in [-0.1, -0.05) is 30.6 Å². The van der Waals surface area contributed by atoms with E-state index in [0.29, 0.717) is 33.9 Å². The van der Waals surface area contributed by atoms with Gasteiger partial charge in [0.05, 0.1) is 16.3 Å². The minimum atomic E-state index is 0.414. The molecule has 6 heteroatoms. The predicted octanol–water partition coefficient (Wildman–Crippen LogP) is 3.86. The molecule has 0 aliphatic heterocycles. The number of nitrogens with zero attached hydrogens (tertiary/aromatic N) is 2. The van der Waals surface area contributed by atoms with Gasteiger partial charge in [0.15, 0.2) is 5.82 Å². The van der Waals surface area contributed by atoms with Crippen molar-refractivity contribution in [2.24, 2.45) is 5.92 Å². The highest BCUT2D eigenvalue weighted by Crippen LogP contribution is 2.28. The number of nitrogen functional groups attached to an aromatic ring is 1. The Morgan fingerprint density at radius 2 is 2.21 bits per heavy atom. The highest BCUT2D eigenvalue weighted by Gasteiger charge is 2.12. The number of hydrogen-bond acceptors (Lipinski definition) is 5. The lowest BCUT2D eigenvalue weighted by Gasteiger charge is -2.01. The molecule has 0 saturated carbocycles. The van der Waals surface area contributed by atoms with E-state index in [1.807, 2.05) is 0 Å². The Morgan fingerprint density at radius 1 is 1.42 bits per heavy atom. The molecule has 0 aliphatic rings. The number of thioether (sulfide) groups is 1. The van der Waals surface area contributed by atoms with Crippen LogP contribution in [0.15, 0.2) is 22.7 Å². The van der Waals surface area contributed by atoms with Gasteiger partial charge in [0.2, 0.25) is 0 Å². The van der Waals surface area contributed by atoms with Gasteiger partial charge in [-0.05, 0) is 29.9 Å². The zero-order valence-corrected chi connectivity index (χ0v) is 12.5. The molecule has 1 aromatic carbocycles. The topological polar surface area (TPSA) is 64.9 Å². The molecule has 0 bridgehead atoms. The van der Waals surface area contributed by atoms with Crippen LogP contribution in [0.5, 0.6) is 0 Å². The molecule has 2 rings (SSSR count). The van der Waals surface area contributed by atoms with Crippen molar-refractivity contribution in [3.8, 4) is 11.5 Å². The molecular weight excluding hydrogens is 282 g/mol. The van der Waals surface area contributed by atoms with Crippen LogP contribution < -0.4 is 5.73 Å². The minimum absolute atomic E-state index is 0.414. The molecule has 1 heterocycles. The van der Waals surface area contributed by atoms with Gasteiger partial charge in [-0.15, -0.1) is 0 Å². The summed E-state index contributed by atoms with van der Waals surface area (Å²) in [5.41, 5.74) is 7.03. The van der Waals surface area contributed by atoms with E-state index in [-0.39, 0.29) is 0 Å². The van der Waals surface area contributed by atoms with E-state index >= 15 is 0 Å². The maximum absolute atomic E-state index is 6.10. The van der Waals surface area contributed by atoms with Gasteiger partial charge >= 0.3 is 0 Å². The van der Waals surface area contributed by atoms with E-state index < -0.39 is 0 Å². The van der Waals surface area contributed by atoms with Crippen molar-refractivity contribution >= 4 is 29.1 Å². The van der Waals surface area contributed by atoms with Crippen LogP contribution >= 0.6 is 23.4 Å². The molecule has 0 radical (unpaired) electrons. The number of halogens is 1. The second-order valence-electron chi connectivity index (χ2n) is 4.66. The Kier molecular flexibility index (Phi) is 4.71. The van der Waals surface area contributed by atoms with E-state index in [0.717, 1.165) is 11.5 Å². The summed E-state index contributed by atoms with van der Waals surface area (Å²) in [5.74, 6) is 3.56. The Labute approximate surface area is 121 Å². The number of rotatable bonds is 5. The summed E-state index contributed by atoms with van der Waals surface area (Å²) in [5, 5.41) is 4.51. The molecule has 0 aliphatic carbocycles. The van der Waals surface area contributed by atoms with Crippen molar-refractivity contribution in [2.75, 3.05) is 11.5 Å². The second-order valence-corrected chi connectivity index (χ2v) is 6.10. The van der Waals surface area contributed by atoms with Gasteiger partial charge in [-0.25, -0.2) is 0 Å². The van der Waals surface area contributed by atoms with Gasteiger partial charge < -0.3 is 10.3 Å². The molecule has 0 amide bonds. The Morgan fingerprint density at radius 3 is 2.95 bits per heavy atom. The first kappa shape index (κ1) is 14.2. The van der Waals surface area contributed by atoms with Crippen molar-refractivity contribution in [3.05, 3.63) is 29.0 Å². The first-order valence-corrected chi connectivity index (χ1v) is 7.55. The molecular formula is C13H16ClN3OS. The maximum atomic E-state index is 6.10. The summed E-state index contributed by atoms with van der Waals surface area (Å²) in [6.07, 6.45) is 0. The molecule has 4 nitrogen and oxygen atoms in total. The van der Waals surface area contributed by atoms with Crippen LogP contribution in [0.3, 0.4) is 0 Å². The highest BCUT2D eigenvalue weighted by molar-refractivity contribution is 7.98. The molecule has 19 heavy (non-hydrogen) atoms. The third kappa shape index (κ3) is 3.88. The van der Waals surface area contributed by atoms with E-state index in [2.05, 4.69) is 24.0 Å². The lowest BCUT2D eigenvalue weighted by Crippen LogP contribution is -1.92. The zero-order valence-electron chi connectivity index (χ0n) is 10.9. The summed E-state index contributed by atoms with van der Waals surface area (Å²) in [4.78, 5) is 4.34. The molecule has 0 fully saturated rings. The molecule has 0 spiro atoms. The average molecular weight is 298 g/mol. The van der Waals surface area contributed by atoms with Crippen molar-refractivity contribution in [2.45, 2.75) is 19.6 Å². The molecule has 2 N–H and O–H groups in total. The van der Waals surface area contributed by atoms with Crippen LogP contribution in [0.2, 0.25) is 5.02 Å². The SMILES string of the molecule is CC(C)CSCc1noc(-c2cc(N)ccc2Cl)n1. The molecule has 1 aromatic heterocycles. The highest BCUT2D eigenvalue weighted by atomic mass is 35.5. The Bertz CT molecular complexity index is 557. The van der Waals surface area contributed by atoms with Crippen LogP contribution in [-0.2, 0) is 5.75 Å². The summed E-state index contributed by atoms with van der Waals surface area (Å²) in [7, 11) is 0. The van der Waals surface area contributed by atoms with Crippen LogP contribution in [0.4, 0.5) is 5.69 Å². The third-order valence-corrected chi connectivity index (χ3v) is 4.07. The Balaban J connectivity index is 2.10. The van der Waals surface area contributed by atoms with Gasteiger partial charge in [0, 0.05) is 5.69 Å². The van der Waals surface area contributed by atoms with Gasteiger partial charge in [0.25, 0.3) is 5.89 Å². The number of anilines is 1. The maximum Gasteiger partial charge on any atom is 0.259 e. The normalized spacial score (nSPS) is 11.2. The summed E-state index contributed by atoms with van der Waals surface area (Å²) < 4.78 is 5.23. The van der Waals surface area contributed by atoms with Crippen molar-refractivity contribution in [1.82, 2.24) is 10.1 Å². The summed E-state index contributed by atoms with van der Waals surface area (Å²) >= 11 is 7.89. The third-order valence-electron chi connectivity index (χ3n) is 2.37. The fraction of sp³-hybridized carbons (Fsp3) is 0.385. The minimum Gasteiger partial charge on any atom is -0.399 e. The van der Waals surface area contributed by atoms with E-state index in [9.17, 15) is 0 Å². The van der Waals surface area contributed by atoms with Crippen LogP contribution in [0.1, 0.15) is 19.7 Å². The number of benzene rings is 1. The quantitative estimate of drug-likeness (QED) is 0.849. The van der Waals surface area contributed by atoms with E-state index in [4.69, 9.17) is 21.9 Å².